The van der Waals surface area contributed by atoms with Gasteiger partial charge in [0.05, 0.1) is 6.61 Å². The molecular formula is C15H22N2O2. The average molecular weight is 262 g/mol. The van der Waals surface area contributed by atoms with Gasteiger partial charge in [0, 0.05) is 25.6 Å². The van der Waals surface area contributed by atoms with Gasteiger partial charge < -0.3 is 15.4 Å². The van der Waals surface area contributed by atoms with E-state index in [0.29, 0.717) is 13.0 Å². The Morgan fingerprint density at radius 3 is 3.21 bits per heavy atom. The van der Waals surface area contributed by atoms with E-state index in [-0.39, 0.29) is 11.9 Å². The molecule has 1 aliphatic heterocycles. The van der Waals surface area contributed by atoms with Crippen LogP contribution in [0.25, 0.3) is 0 Å². The van der Waals surface area contributed by atoms with Crippen molar-refractivity contribution in [3.63, 3.8) is 0 Å². The van der Waals surface area contributed by atoms with Gasteiger partial charge in [0.2, 0.25) is 5.91 Å². The van der Waals surface area contributed by atoms with E-state index in [2.05, 4.69) is 16.7 Å². The van der Waals surface area contributed by atoms with Crippen LogP contribution in [-0.4, -0.2) is 25.1 Å². The van der Waals surface area contributed by atoms with Gasteiger partial charge in [-0.3, -0.25) is 4.79 Å². The van der Waals surface area contributed by atoms with Gasteiger partial charge in [-0.15, -0.1) is 0 Å². The van der Waals surface area contributed by atoms with Crippen LogP contribution in [0.1, 0.15) is 31.7 Å². The van der Waals surface area contributed by atoms with Crippen molar-refractivity contribution in [2.45, 2.75) is 38.8 Å². The number of ether oxygens (including phenoxy) is 1. The molecule has 104 valence electrons. The van der Waals surface area contributed by atoms with Gasteiger partial charge in [-0.05, 0) is 37.5 Å². The molecule has 1 heterocycles. The largest absolute Gasteiger partial charge is 0.494 e. The summed E-state index contributed by atoms with van der Waals surface area (Å²) < 4.78 is 5.48. The molecule has 1 atom stereocenters. The summed E-state index contributed by atoms with van der Waals surface area (Å²) >= 11 is 0. The molecule has 0 aliphatic carbocycles. The van der Waals surface area contributed by atoms with E-state index in [1.54, 1.807) is 0 Å². The van der Waals surface area contributed by atoms with Crippen LogP contribution in [0.3, 0.4) is 0 Å². The number of amides is 1. The van der Waals surface area contributed by atoms with Crippen molar-refractivity contribution in [1.82, 2.24) is 10.6 Å². The lowest BCUT2D eigenvalue weighted by molar-refractivity contribution is -0.121. The van der Waals surface area contributed by atoms with Gasteiger partial charge in [0.15, 0.2) is 0 Å². The molecule has 0 saturated carbocycles. The molecule has 4 heteroatoms. The highest BCUT2D eigenvalue weighted by Crippen LogP contribution is 2.14. The van der Waals surface area contributed by atoms with Crippen LogP contribution in [0, 0.1) is 0 Å². The van der Waals surface area contributed by atoms with Gasteiger partial charge in [-0.2, -0.15) is 0 Å². The molecule has 4 nitrogen and oxygen atoms in total. The molecule has 1 aromatic rings. The first-order chi connectivity index (χ1) is 9.28. The first kappa shape index (κ1) is 13.9. The molecule has 1 unspecified atom stereocenters. The van der Waals surface area contributed by atoms with Crippen LogP contribution in [0.2, 0.25) is 0 Å². The quantitative estimate of drug-likeness (QED) is 0.851. The number of nitrogens with one attached hydrogen (secondary N) is 2. The SMILES string of the molecule is CCOc1cccc(CNC2CCCNC(=O)C2)c1. The first-order valence-electron chi connectivity index (χ1n) is 6.99. The monoisotopic (exact) mass is 262 g/mol. The normalized spacial score (nSPS) is 19.6. The lowest BCUT2D eigenvalue weighted by atomic mass is 10.1. The van der Waals surface area contributed by atoms with Gasteiger partial charge in [0.25, 0.3) is 0 Å². The smallest absolute Gasteiger partial charge is 0.221 e. The number of hydrogen-bond acceptors (Lipinski definition) is 3. The summed E-state index contributed by atoms with van der Waals surface area (Å²) in [6.45, 7) is 4.24. The molecule has 0 spiro atoms. The maximum absolute atomic E-state index is 11.5. The fourth-order valence-corrected chi connectivity index (χ4v) is 2.32. The highest BCUT2D eigenvalue weighted by molar-refractivity contribution is 5.76. The summed E-state index contributed by atoms with van der Waals surface area (Å²) in [5, 5.41) is 6.36. The molecule has 2 rings (SSSR count). The predicted molar refractivity (Wildman–Crippen MR) is 75.1 cm³/mol. The molecule has 0 bridgehead atoms. The van der Waals surface area contributed by atoms with Crippen molar-refractivity contribution >= 4 is 5.91 Å². The second-order valence-electron chi connectivity index (χ2n) is 4.85. The van der Waals surface area contributed by atoms with Crippen molar-refractivity contribution in [1.29, 1.82) is 0 Å². The van der Waals surface area contributed by atoms with Crippen LogP contribution in [0.5, 0.6) is 5.75 Å². The molecular weight excluding hydrogens is 240 g/mol. The molecule has 19 heavy (non-hydrogen) atoms. The Hall–Kier alpha value is -1.55. The molecule has 1 aliphatic rings. The fourth-order valence-electron chi connectivity index (χ4n) is 2.32. The van der Waals surface area contributed by atoms with Gasteiger partial charge in [-0.1, -0.05) is 12.1 Å². The highest BCUT2D eigenvalue weighted by Gasteiger charge is 2.16. The van der Waals surface area contributed by atoms with E-state index < -0.39 is 0 Å². The highest BCUT2D eigenvalue weighted by atomic mass is 16.5. The Kier molecular flexibility index (Phi) is 5.21. The van der Waals surface area contributed by atoms with Crippen molar-refractivity contribution in [2.75, 3.05) is 13.2 Å². The summed E-state index contributed by atoms with van der Waals surface area (Å²) in [5.41, 5.74) is 1.19. The summed E-state index contributed by atoms with van der Waals surface area (Å²) in [6, 6.07) is 8.37. The second-order valence-corrected chi connectivity index (χ2v) is 4.85. The number of hydrogen-bond donors (Lipinski definition) is 2. The summed E-state index contributed by atoms with van der Waals surface area (Å²) in [5.74, 6) is 1.05. The van der Waals surface area contributed by atoms with E-state index in [1.807, 2.05) is 25.1 Å². The van der Waals surface area contributed by atoms with Crippen molar-refractivity contribution in [2.24, 2.45) is 0 Å². The standard InChI is InChI=1S/C15H22N2O2/c1-2-19-14-7-3-5-12(9-14)11-17-13-6-4-8-16-15(18)10-13/h3,5,7,9,13,17H,2,4,6,8,10-11H2,1H3,(H,16,18). The minimum absolute atomic E-state index is 0.151. The van der Waals surface area contributed by atoms with Crippen LogP contribution < -0.4 is 15.4 Å². The predicted octanol–water partition coefficient (Wildman–Crippen LogP) is 1.84. The van der Waals surface area contributed by atoms with Crippen molar-refractivity contribution < 1.29 is 9.53 Å². The van der Waals surface area contributed by atoms with Crippen molar-refractivity contribution in [3.05, 3.63) is 29.8 Å². The summed E-state index contributed by atoms with van der Waals surface area (Å²) in [7, 11) is 0. The summed E-state index contributed by atoms with van der Waals surface area (Å²) in [4.78, 5) is 11.5. The molecule has 1 aromatic carbocycles. The Balaban J connectivity index is 1.87. The molecule has 2 N–H and O–H groups in total. The molecule has 0 aromatic heterocycles. The van der Waals surface area contributed by atoms with E-state index in [9.17, 15) is 4.79 Å². The van der Waals surface area contributed by atoms with E-state index in [1.165, 1.54) is 5.56 Å². The van der Waals surface area contributed by atoms with Gasteiger partial charge >= 0.3 is 0 Å². The van der Waals surface area contributed by atoms with Crippen LogP contribution in [0.15, 0.2) is 24.3 Å². The number of rotatable bonds is 5. The van der Waals surface area contributed by atoms with E-state index >= 15 is 0 Å². The zero-order chi connectivity index (χ0) is 13.5. The minimum atomic E-state index is 0.151. The maximum Gasteiger partial charge on any atom is 0.221 e. The molecule has 1 saturated heterocycles. The third-order valence-electron chi connectivity index (χ3n) is 3.29. The number of carbonyl (C=O) groups is 1. The van der Waals surface area contributed by atoms with E-state index in [4.69, 9.17) is 4.74 Å². The molecule has 1 amide bonds. The average Bonchev–Trinajstić information content (AvgIpc) is 2.62. The molecule has 1 fully saturated rings. The number of carbonyl (C=O) groups excluding carboxylic acids is 1. The second kappa shape index (κ2) is 7.14. The minimum Gasteiger partial charge on any atom is -0.494 e. The van der Waals surface area contributed by atoms with Crippen molar-refractivity contribution in [3.8, 4) is 5.75 Å². The van der Waals surface area contributed by atoms with Gasteiger partial charge in [-0.25, -0.2) is 0 Å². The fraction of sp³-hybridized carbons (Fsp3) is 0.533. The first-order valence-corrected chi connectivity index (χ1v) is 6.99. The molecule has 0 radical (unpaired) electrons. The Morgan fingerprint density at radius 1 is 1.47 bits per heavy atom. The summed E-state index contributed by atoms with van der Waals surface area (Å²) in [6.07, 6.45) is 2.66. The lowest BCUT2D eigenvalue weighted by Gasteiger charge is -2.15. The zero-order valence-electron chi connectivity index (χ0n) is 11.4. The Morgan fingerprint density at radius 2 is 2.37 bits per heavy atom. The van der Waals surface area contributed by atoms with Crippen LogP contribution in [0.4, 0.5) is 0 Å². The topological polar surface area (TPSA) is 50.4 Å². The zero-order valence-corrected chi connectivity index (χ0v) is 11.4. The Bertz CT molecular complexity index is 420. The third-order valence-corrected chi connectivity index (χ3v) is 3.29. The Labute approximate surface area is 114 Å². The van der Waals surface area contributed by atoms with Crippen LogP contribution >= 0.6 is 0 Å². The van der Waals surface area contributed by atoms with E-state index in [0.717, 1.165) is 31.7 Å². The number of benzene rings is 1. The van der Waals surface area contributed by atoms with Gasteiger partial charge in [0.1, 0.15) is 5.75 Å². The van der Waals surface area contributed by atoms with Crippen LogP contribution in [-0.2, 0) is 11.3 Å². The third kappa shape index (κ3) is 4.56. The lowest BCUT2D eigenvalue weighted by Crippen LogP contribution is -2.32. The maximum atomic E-state index is 11.5.